The van der Waals surface area contributed by atoms with Crippen molar-refractivity contribution in [2.75, 3.05) is 29.9 Å². The van der Waals surface area contributed by atoms with E-state index in [0.29, 0.717) is 0 Å². The number of amides is 1. The highest BCUT2D eigenvalue weighted by molar-refractivity contribution is 5.95. The number of carbonyl (C=O) groups excluding carboxylic acids is 1. The maximum atomic E-state index is 12.2. The summed E-state index contributed by atoms with van der Waals surface area (Å²) in [6.45, 7) is 3.20. The third-order valence-corrected chi connectivity index (χ3v) is 4.21. The van der Waals surface area contributed by atoms with Crippen molar-refractivity contribution in [2.24, 2.45) is 0 Å². The van der Waals surface area contributed by atoms with Gasteiger partial charge in [-0.05, 0) is 50.4 Å². The van der Waals surface area contributed by atoms with Gasteiger partial charge in [0.25, 0.3) is 0 Å². The van der Waals surface area contributed by atoms with Gasteiger partial charge in [0.15, 0.2) is 0 Å². The number of piperidine rings is 1. The lowest BCUT2D eigenvalue weighted by Gasteiger charge is -2.23. The van der Waals surface area contributed by atoms with Crippen LogP contribution in [0.2, 0.25) is 0 Å². The van der Waals surface area contributed by atoms with E-state index >= 15 is 0 Å². The molecule has 2 saturated heterocycles. The monoisotopic (exact) mass is 345 g/mol. The van der Waals surface area contributed by atoms with E-state index in [1.807, 2.05) is 12.1 Å². The highest BCUT2D eigenvalue weighted by atomic mass is 35.5. The van der Waals surface area contributed by atoms with E-state index in [9.17, 15) is 4.79 Å². The Balaban J connectivity index is 0.00000121. The van der Waals surface area contributed by atoms with Gasteiger partial charge in [0, 0.05) is 24.5 Å². The summed E-state index contributed by atoms with van der Waals surface area (Å²) in [6, 6.07) is 8.18. The van der Waals surface area contributed by atoms with Crippen LogP contribution in [0.15, 0.2) is 24.3 Å². The summed E-state index contributed by atoms with van der Waals surface area (Å²) in [7, 11) is 0. The highest BCUT2D eigenvalue weighted by Gasteiger charge is 2.20. The summed E-state index contributed by atoms with van der Waals surface area (Å²) in [5.74, 6) is 0.100. The molecule has 1 aromatic rings. The van der Waals surface area contributed by atoms with Crippen molar-refractivity contribution in [3.63, 3.8) is 0 Å². The van der Waals surface area contributed by atoms with Crippen LogP contribution in [-0.4, -0.2) is 31.6 Å². The fourth-order valence-electron chi connectivity index (χ4n) is 3.06. The van der Waals surface area contributed by atoms with Crippen molar-refractivity contribution in [3.8, 4) is 0 Å². The molecule has 0 aliphatic carbocycles. The third kappa shape index (κ3) is 4.77. The average Bonchev–Trinajstić information content (AvgIpc) is 3.03. The molecule has 3 rings (SSSR count). The van der Waals surface area contributed by atoms with Crippen LogP contribution < -0.4 is 15.5 Å². The average molecular weight is 346 g/mol. The molecule has 22 heavy (non-hydrogen) atoms. The van der Waals surface area contributed by atoms with Gasteiger partial charge in [-0.3, -0.25) is 4.79 Å². The number of halogens is 2. The Labute approximate surface area is 144 Å². The first-order chi connectivity index (χ1) is 9.83. The Bertz CT molecular complexity index is 472. The molecule has 0 saturated carbocycles. The molecule has 6 heteroatoms. The van der Waals surface area contributed by atoms with Crippen LogP contribution in [0.1, 0.15) is 32.1 Å². The van der Waals surface area contributed by atoms with Gasteiger partial charge < -0.3 is 15.5 Å². The first-order valence-corrected chi connectivity index (χ1v) is 7.72. The topological polar surface area (TPSA) is 44.4 Å². The standard InChI is InChI=1S/C16H23N3O.2ClH/c20-16(15-8-1-2-9-17-15)18-13-6-5-7-14(12-13)19-10-3-4-11-19;;/h5-7,12,15,17H,1-4,8-11H2,(H,18,20);2*1H/t15-;;/m1../s1. The Hall–Kier alpha value is -0.970. The van der Waals surface area contributed by atoms with Crippen LogP contribution in [0, 0.1) is 0 Å². The molecule has 2 fully saturated rings. The molecule has 2 aliphatic rings. The van der Waals surface area contributed by atoms with Gasteiger partial charge in [-0.1, -0.05) is 12.5 Å². The molecule has 0 radical (unpaired) electrons. The van der Waals surface area contributed by atoms with E-state index in [4.69, 9.17) is 0 Å². The molecule has 4 nitrogen and oxygen atoms in total. The second-order valence-corrected chi connectivity index (χ2v) is 5.74. The molecule has 2 aliphatic heterocycles. The summed E-state index contributed by atoms with van der Waals surface area (Å²) in [4.78, 5) is 14.6. The highest BCUT2D eigenvalue weighted by Crippen LogP contribution is 2.23. The van der Waals surface area contributed by atoms with Crippen molar-refractivity contribution in [1.29, 1.82) is 0 Å². The second-order valence-electron chi connectivity index (χ2n) is 5.74. The van der Waals surface area contributed by atoms with Crippen molar-refractivity contribution in [1.82, 2.24) is 5.32 Å². The fourth-order valence-corrected chi connectivity index (χ4v) is 3.06. The van der Waals surface area contributed by atoms with Gasteiger partial charge in [-0.2, -0.15) is 0 Å². The molecule has 0 aromatic heterocycles. The minimum absolute atomic E-state index is 0. The van der Waals surface area contributed by atoms with Crippen molar-refractivity contribution >= 4 is 42.1 Å². The van der Waals surface area contributed by atoms with Crippen LogP contribution in [0.25, 0.3) is 0 Å². The second kappa shape index (κ2) is 9.23. The van der Waals surface area contributed by atoms with Crippen LogP contribution in [0.3, 0.4) is 0 Å². The lowest BCUT2D eigenvalue weighted by molar-refractivity contribution is -0.118. The zero-order valence-electron chi connectivity index (χ0n) is 12.7. The molecular weight excluding hydrogens is 321 g/mol. The zero-order chi connectivity index (χ0) is 13.8. The lowest BCUT2D eigenvalue weighted by atomic mass is 10.0. The van der Waals surface area contributed by atoms with E-state index in [0.717, 1.165) is 38.2 Å². The van der Waals surface area contributed by atoms with E-state index in [1.165, 1.54) is 24.9 Å². The Kier molecular flexibility index (Phi) is 8.01. The fraction of sp³-hybridized carbons (Fsp3) is 0.562. The maximum Gasteiger partial charge on any atom is 0.241 e. The maximum absolute atomic E-state index is 12.2. The van der Waals surface area contributed by atoms with Gasteiger partial charge in [-0.15, -0.1) is 24.8 Å². The van der Waals surface area contributed by atoms with Gasteiger partial charge in [0.05, 0.1) is 6.04 Å². The normalized spacial score (nSPS) is 20.7. The van der Waals surface area contributed by atoms with E-state index in [-0.39, 0.29) is 36.8 Å². The Morgan fingerprint density at radius 3 is 2.59 bits per heavy atom. The van der Waals surface area contributed by atoms with Gasteiger partial charge in [0.1, 0.15) is 0 Å². The zero-order valence-corrected chi connectivity index (χ0v) is 14.3. The van der Waals surface area contributed by atoms with Crippen LogP contribution >= 0.6 is 24.8 Å². The lowest BCUT2D eigenvalue weighted by Crippen LogP contribution is -2.43. The van der Waals surface area contributed by atoms with Crippen molar-refractivity contribution in [2.45, 2.75) is 38.1 Å². The molecule has 124 valence electrons. The summed E-state index contributed by atoms with van der Waals surface area (Å²) in [5.41, 5.74) is 2.13. The molecule has 0 bridgehead atoms. The van der Waals surface area contributed by atoms with Gasteiger partial charge >= 0.3 is 0 Å². The molecule has 0 unspecified atom stereocenters. The van der Waals surface area contributed by atoms with E-state index in [1.54, 1.807) is 0 Å². The predicted octanol–water partition coefficient (Wildman–Crippen LogP) is 3.21. The minimum atomic E-state index is -0.0285. The molecule has 1 amide bonds. The number of nitrogens with zero attached hydrogens (tertiary/aromatic N) is 1. The molecule has 1 aromatic carbocycles. The molecular formula is C16H25Cl2N3O. The predicted molar refractivity (Wildman–Crippen MR) is 96.7 cm³/mol. The number of carbonyl (C=O) groups is 1. The molecule has 0 spiro atoms. The van der Waals surface area contributed by atoms with Gasteiger partial charge in [0.2, 0.25) is 5.91 Å². The van der Waals surface area contributed by atoms with Crippen molar-refractivity contribution < 1.29 is 4.79 Å². The first-order valence-electron chi connectivity index (χ1n) is 7.72. The molecule has 2 heterocycles. The third-order valence-electron chi connectivity index (χ3n) is 4.21. The van der Waals surface area contributed by atoms with E-state index in [2.05, 4.69) is 27.7 Å². The largest absolute Gasteiger partial charge is 0.371 e. The van der Waals surface area contributed by atoms with Crippen molar-refractivity contribution in [3.05, 3.63) is 24.3 Å². The Morgan fingerprint density at radius 2 is 1.91 bits per heavy atom. The van der Waals surface area contributed by atoms with E-state index < -0.39 is 0 Å². The number of anilines is 2. The number of rotatable bonds is 3. The number of nitrogens with one attached hydrogen (secondary N) is 2. The molecule has 2 N–H and O–H groups in total. The minimum Gasteiger partial charge on any atom is -0.371 e. The summed E-state index contributed by atoms with van der Waals surface area (Å²) in [5, 5.41) is 6.33. The van der Waals surface area contributed by atoms with Crippen LogP contribution in [0.4, 0.5) is 11.4 Å². The first kappa shape index (κ1) is 19.1. The quantitative estimate of drug-likeness (QED) is 0.883. The van der Waals surface area contributed by atoms with Gasteiger partial charge in [-0.25, -0.2) is 0 Å². The molecule has 1 atom stereocenters. The summed E-state index contributed by atoms with van der Waals surface area (Å²) < 4.78 is 0. The van der Waals surface area contributed by atoms with Crippen LogP contribution in [0.5, 0.6) is 0 Å². The summed E-state index contributed by atoms with van der Waals surface area (Å²) in [6.07, 6.45) is 5.79. The van der Waals surface area contributed by atoms with Crippen LogP contribution in [-0.2, 0) is 4.79 Å². The summed E-state index contributed by atoms with van der Waals surface area (Å²) >= 11 is 0. The number of hydrogen-bond acceptors (Lipinski definition) is 3. The number of hydrogen-bond donors (Lipinski definition) is 2. The smallest absolute Gasteiger partial charge is 0.241 e. The Morgan fingerprint density at radius 1 is 1.14 bits per heavy atom. The number of benzene rings is 1. The SMILES string of the molecule is Cl.Cl.O=C(Nc1cccc(N2CCCC2)c1)[C@H]1CCCCN1.